The van der Waals surface area contributed by atoms with Gasteiger partial charge < -0.3 is 14.6 Å². The Labute approximate surface area is 200 Å². The molecule has 14 heteroatoms. The first-order chi connectivity index (χ1) is 16.3. The summed E-state index contributed by atoms with van der Waals surface area (Å²) in [7, 11) is -2.44. The molecule has 0 saturated heterocycles. The number of ether oxygens (including phenoxy) is 2. The van der Waals surface area contributed by atoms with Gasteiger partial charge in [0.15, 0.2) is 24.2 Å². The largest absolute Gasteiger partial charge is 0.484 e. The number of rotatable bonds is 9. The lowest BCUT2D eigenvalue weighted by molar-refractivity contribution is -0.154. The Morgan fingerprint density at radius 3 is 2.17 bits per heavy atom. The van der Waals surface area contributed by atoms with Crippen LogP contribution in [0.3, 0.4) is 0 Å². The highest BCUT2D eigenvalue weighted by molar-refractivity contribution is 7.86. The van der Waals surface area contributed by atoms with E-state index in [4.69, 9.17) is 0 Å². The topological polar surface area (TPSA) is 84.9 Å². The van der Waals surface area contributed by atoms with Crippen molar-refractivity contribution in [2.24, 2.45) is 0 Å². The first-order valence-electron chi connectivity index (χ1n) is 9.46. The molecule has 0 fully saturated rings. The van der Waals surface area contributed by atoms with E-state index >= 15 is 0 Å². The van der Waals surface area contributed by atoms with Crippen molar-refractivity contribution < 1.29 is 49.9 Å². The summed E-state index contributed by atoms with van der Waals surface area (Å²) in [6.45, 7) is -3.44. The molecule has 1 atom stereocenters. The smallest absolute Gasteiger partial charge is 0.422 e. The fourth-order valence-electron chi connectivity index (χ4n) is 2.69. The number of carbonyl (C=O) groups is 1. The molecule has 3 aromatic rings. The number of hydrogen-bond acceptors (Lipinski definition) is 5. The van der Waals surface area contributed by atoms with Gasteiger partial charge >= 0.3 is 18.3 Å². The Kier molecular flexibility index (Phi) is 7.95. The molecule has 0 aliphatic rings. The molecule has 1 heterocycles. The van der Waals surface area contributed by atoms with Gasteiger partial charge in [-0.3, -0.25) is 4.72 Å². The van der Waals surface area contributed by atoms with E-state index in [0.29, 0.717) is 10.4 Å². The van der Waals surface area contributed by atoms with E-state index in [1.165, 1.54) is 6.07 Å². The Hall–Kier alpha value is -3.26. The Morgan fingerprint density at radius 2 is 1.57 bits per heavy atom. The first kappa shape index (κ1) is 26.3. The molecule has 0 amide bonds. The van der Waals surface area contributed by atoms with E-state index in [1.54, 1.807) is 30.3 Å². The lowest BCUT2D eigenvalue weighted by Gasteiger charge is -2.15. The molecule has 0 radical (unpaired) electrons. The summed E-state index contributed by atoms with van der Waals surface area (Å²) in [6, 6.07) is 12.6. The summed E-state index contributed by atoms with van der Waals surface area (Å²) < 4.78 is 100.0. The van der Waals surface area contributed by atoms with Crippen LogP contribution in [0.25, 0.3) is 10.4 Å². The summed E-state index contributed by atoms with van der Waals surface area (Å²) in [5.74, 6) is -2.32. The third-order valence-electron chi connectivity index (χ3n) is 4.10. The van der Waals surface area contributed by atoms with Crippen molar-refractivity contribution in [1.29, 1.82) is 0 Å². The van der Waals surface area contributed by atoms with Gasteiger partial charge in [-0.2, -0.15) is 26.3 Å². The average Bonchev–Trinajstić information content (AvgIpc) is 3.20. The lowest BCUT2D eigenvalue weighted by atomic mass is 10.2. The Bertz CT molecular complexity index is 1210. The minimum absolute atomic E-state index is 0.108. The van der Waals surface area contributed by atoms with Crippen molar-refractivity contribution in [3.8, 4) is 21.9 Å². The van der Waals surface area contributed by atoms with E-state index in [9.17, 15) is 40.5 Å². The number of carboxylic acids is 1. The van der Waals surface area contributed by atoms with Crippen LogP contribution < -0.4 is 14.2 Å². The number of thiophene rings is 1. The molecule has 0 aliphatic carbocycles. The molecular formula is C21H15F6NO5S2. The number of anilines is 1. The Balaban J connectivity index is 1.94. The van der Waals surface area contributed by atoms with E-state index in [1.807, 2.05) is 0 Å². The molecule has 0 spiro atoms. The van der Waals surface area contributed by atoms with Gasteiger partial charge in [-0.15, -0.1) is 11.3 Å². The molecule has 0 saturated carbocycles. The fourth-order valence-corrected chi connectivity index (χ4v) is 4.72. The maximum absolute atomic E-state index is 13.0. The molecule has 1 aromatic heterocycles. The SMILES string of the molecule is O=C(O)c1sc(-c2ccccc2)cc1NS(=O)c1cc(OCC(F)(F)F)ccc1OCC(F)(F)F. The third kappa shape index (κ3) is 7.62. The zero-order chi connectivity index (χ0) is 25.8. The highest BCUT2D eigenvalue weighted by Gasteiger charge is 2.31. The monoisotopic (exact) mass is 539 g/mol. The zero-order valence-electron chi connectivity index (χ0n) is 17.3. The number of benzene rings is 2. The van der Waals surface area contributed by atoms with Gasteiger partial charge in [-0.25, -0.2) is 9.00 Å². The van der Waals surface area contributed by atoms with Crippen LogP contribution in [0.5, 0.6) is 11.5 Å². The predicted molar refractivity (Wildman–Crippen MR) is 116 cm³/mol. The van der Waals surface area contributed by atoms with Crippen molar-refractivity contribution in [2.45, 2.75) is 17.2 Å². The quantitative estimate of drug-likeness (QED) is 0.320. The highest BCUT2D eigenvalue weighted by atomic mass is 32.2. The number of halogens is 6. The maximum Gasteiger partial charge on any atom is 0.422 e. The van der Waals surface area contributed by atoms with Crippen LogP contribution in [0.2, 0.25) is 0 Å². The molecule has 6 nitrogen and oxygen atoms in total. The van der Waals surface area contributed by atoms with E-state index < -0.39 is 58.9 Å². The molecule has 0 bridgehead atoms. The van der Waals surface area contributed by atoms with Gasteiger partial charge in [-0.05, 0) is 23.8 Å². The number of alkyl halides is 6. The first-order valence-corrected chi connectivity index (χ1v) is 11.4. The second-order valence-corrected chi connectivity index (χ2v) is 9.05. The zero-order valence-corrected chi connectivity index (χ0v) is 18.9. The predicted octanol–water partition coefficient (Wildman–Crippen LogP) is 6.13. The Morgan fingerprint density at radius 1 is 0.943 bits per heavy atom. The molecule has 2 N–H and O–H groups in total. The molecular weight excluding hydrogens is 524 g/mol. The van der Waals surface area contributed by atoms with Crippen LogP contribution in [0.1, 0.15) is 9.67 Å². The van der Waals surface area contributed by atoms with Crippen molar-refractivity contribution in [3.63, 3.8) is 0 Å². The van der Waals surface area contributed by atoms with Gasteiger partial charge in [0.2, 0.25) is 0 Å². The van der Waals surface area contributed by atoms with Crippen LogP contribution in [0.4, 0.5) is 32.0 Å². The number of aromatic carboxylic acids is 1. The summed E-state index contributed by atoms with van der Waals surface area (Å²) >= 11 is 0.864. The molecule has 1 unspecified atom stereocenters. The standard InChI is InChI=1S/C21H15F6NO5S2/c22-20(23,24)10-32-13-6-7-15(33-11-21(25,26)27)17(8-13)35(31)28-14-9-16(34-18(14)19(29)30)12-4-2-1-3-5-12/h1-9,28H,10-11H2,(H,29,30). The molecule has 188 valence electrons. The van der Waals surface area contributed by atoms with Gasteiger partial charge in [-0.1, -0.05) is 30.3 Å². The number of carboxylic acid groups (broad SMARTS) is 1. The van der Waals surface area contributed by atoms with Gasteiger partial charge in [0.05, 0.1) is 5.69 Å². The van der Waals surface area contributed by atoms with E-state index in [2.05, 4.69) is 14.2 Å². The van der Waals surface area contributed by atoms with Crippen LogP contribution >= 0.6 is 11.3 Å². The second kappa shape index (κ2) is 10.6. The van der Waals surface area contributed by atoms with E-state index in [-0.39, 0.29) is 10.6 Å². The minimum atomic E-state index is -4.74. The number of nitrogens with one attached hydrogen (secondary N) is 1. The van der Waals surface area contributed by atoms with Gasteiger partial charge in [0.25, 0.3) is 0 Å². The van der Waals surface area contributed by atoms with Crippen molar-refractivity contribution >= 4 is 34.0 Å². The maximum atomic E-state index is 13.0. The van der Waals surface area contributed by atoms with Crippen molar-refractivity contribution in [1.82, 2.24) is 0 Å². The molecule has 3 rings (SSSR count). The second-order valence-electron chi connectivity index (χ2n) is 6.81. The lowest BCUT2D eigenvalue weighted by Crippen LogP contribution is -2.21. The van der Waals surface area contributed by atoms with E-state index in [0.717, 1.165) is 29.5 Å². The molecule has 2 aromatic carbocycles. The van der Waals surface area contributed by atoms with Crippen LogP contribution in [0, 0.1) is 0 Å². The van der Waals surface area contributed by atoms with Gasteiger partial charge in [0.1, 0.15) is 21.3 Å². The minimum Gasteiger partial charge on any atom is -0.484 e. The molecule has 0 aliphatic heterocycles. The average molecular weight is 539 g/mol. The summed E-state index contributed by atoms with van der Waals surface area (Å²) in [5.41, 5.74) is 0.554. The van der Waals surface area contributed by atoms with Gasteiger partial charge in [0, 0.05) is 10.9 Å². The fraction of sp³-hybridized carbons (Fsp3) is 0.190. The van der Waals surface area contributed by atoms with Crippen molar-refractivity contribution in [2.75, 3.05) is 17.9 Å². The summed E-state index contributed by atoms with van der Waals surface area (Å²) in [5, 5.41) is 9.52. The summed E-state index contributed by atoms with van der Waals surface area (Å²) in [6.07, 6.45) is -9.43. The number of hydrogen-bond donors (Lipinski definition) is 2. The van der Waals surface area contributed by atoms with Crippen LogP contribution in [-0.4, -0.2) is 40.9 Å². The normalized spacial score (nSPS) is 12.7. The van der Waals surface area contributed by atoms with Crippen LogP contribution in [0.15, 0.2) is 59.5 Å². The molecule has 35 heavy (non-hydrogen) atoms. The highest BCUT2D eigenvalue weighted by Crippen LogP contribution is 2.37. The van der Waals surface area contributed by atoms with Crippen molar-refractivity contribution in [3.05, 3.63) is 59.5 Å². The third-order valence-corrected chi connectivity index (χ3v) is 6.39. The van der Waals surface area contributed by atoms with Crippen LogP contribution in [-0.2, 0) is 11.0 Å². The summed E-state index contributed by atoms with van der Waals surface area (Å²) in [4.78, 5) is 11.5.